The first kappa shape index (κ1) is 14.3. The predicted octanol–water partition coefficient (Wildman–Crippen LogP) is 4.28. The number of thioether (sulfide) groups is 1. The van der Waals surface area contributed by atoms with Crippen LogP contribution < -0.4 is 0 Å². The van der Waals surface area contributed by atoms with Gasteiger partial charge in [-0.15, -0.1) is 0 Å². The Kier molecular flexibility index (Phi) is 4.47. The van der Waals surface area contributed by atoms with Crippen LogP contribution in [-0.2, 0) is 4.79 Å². The topological polar surface area (TPSA) is 37.4 Å². The van der Waals surface area contributed by atoms with Gasteiger partial charge in [0.05, 0.1) is 4.91 Å². The zero-order valence-electron chi connectivity index (χ0n) is 10.7. The number of imide groups is 1. The number of hydrogen-bond donors (Lipinski definition) is 0. The van der Waals surface area contributed by atoms with Crippen LogP contribution >= 0.6 is 27.7 Å². The van der Waals surface area contributed by atoms with Crippen molar-refractivity contribution in [2.75, 3.05) is 0 Å². The smallest absolute Gasteiger partial charge is 0.268 e. The molecule has 0 aliphatic carbocycles. The van der Waals surface area contributed by atoms with Crippen LogP contribution in [0.3, 0.4) is 0 Å². The lowest BCUT2D eigenvalue weighted by molar-refractivity contribution is -0.124. The second-order valence-corrected chi connectivity index (χ2v) is 6.27. The van der Waals surface area contributed by atoms with E-state index in [2.05, 4.69) is 15.9 Å². The van der Waals surface area contributed by atoms with E-state index in [0.717, 1.165) is 28.2 Å². The molecule has 2 rings (SSSR count). The molecule has 100 valence electrons. The molecule has 1 atom stereocenters. The Hall–Kier alpha value is -1.07. The maximum Gasteiger partial charge on any atom is 0.293 e. The van der Waals surface area contributed by atoms with Crippen molar-refractivity contribution in [1.82, 2.24) is 4.90 Å². The first-order chi connectivity index (χ1) is 9.02. The highest BCUT2D eigenvalue weighted by Crippen LogP contribution is 2.34. The van der Waals surface area contributed by atoms with Crippen molar-refractivity contribution in [2.24, 2.45) is 0 Å². The summed E-state index contributed by atoms with van der Waals surface area (Å²) in [4.78, 5) is 25.9. The number of amides is 2. The van der Waals surface area contributed by atoms with Gasteiger partial charge in [0.15, 0.2) is 0 Å². The molecule has 1 aliphatic heterocycles. The monoisotopic (exact) mass is 339 g/mol. The SMILES string of the molecule is CC[C@H](C)N1C(=O)S/C(=C/c2cccc(Br)c2)C1=O. The van der Waals surface area contributed by atoms with Gasteiger partial charge in [0, 0.05) is 10.5 Å². The molecule has 3 nitrogen and oxygen atoms in total. The second-order valence-electron chi connectivity index (χ2n) is 4.36. The minimum Gasteiger partial charge on any atom is -0.268 e. The van der Waals surface area contributed by atoms with Gasteiger partial charge >= 0.3 is 0 Å². The molecule has 0 N–H and O–H groups in total. The van der Waals surface area contributed by atoms with Crippen molar-refractivity contribution in [2.45, 2.75) is 26.3 Å². The molecular weight excluding hydrogens is 326 g/mol. The van der Waals surface area contributed by atoms with E-state index in [1.54, 1.807) is 6.08 Å². The molecule has 5 heteroatoms. The van der Waals surface area contributed by atoms with Crippen LogP contribution in [-0.4, -0.2) is 22.1 Å². The summed E-state index contributed by atoms with van der Waals surface area (Å²) in [5, 5.41) is -0.180. The Labute approximate surface area is 125 Å². The van der Waals surface area contributed by atoms with E-state index in [9.17, 15) is 9.59 Å². The fraction of sp³-hybridized carbons (Fsp3) is 0.286. The highest BCUT2D eigenvalue weighted by atomic mass is 79.9. The number of halogens is 1. The van der Waals surface area contributed by atoms with E-state index in [-0.39, 0.29) is 17.2 Å². The first-order valence-corrected chi connectivity index (χ1v) is 7.66. The maximum absolute atomic E-state index is 12.2. The third-order valence-corrected chi connectivity index (χ3v) is 4.38. The van der Waals surface area contributed by atoms with Crippen LogP contribution in [0, 0.1) is 0 Å². The van der Waals surface area contributed by atoms with Crippen LogP contribution in [0.4, 0.5) is 4.79 Å². The molecule has 0 bridgehead atoms. The Bertz CT molecular complexity index is 556. The average molecular weight is 340 g/mol. The van der Waals surface area contributed by atoms with Crippen LogP contribution in [0.5, 0.6) is 0 Å². The Morgan fingerprint density at radius 2 is 2.16 bits per heavy atom. The summed E-state index contributed by atoms with van der Waals surface area (Å²) in [5.74, 6) is -0.190. The molecule has 19 heavy (non-hydrogen) atoms. The van der Waals surface area contributed by atoms with Gasteiger partial charge in [-0.1, -0.05) is 35.0 Å². The molecule has 1 fully saturated rings. The van der Waals surface area contributed by atoms with E-state index < -0.39 is 0 Å². The number of hydrogen-bond acceptors (Lipinski definition) is 3. The summed E-state index contributed by atoms with van der Waals surface area (Å²) in [6, 6.07) is 7.58. The van der Waals surface area contributed by atoms with E-state index in [4.69, 9.17) is 0 Å². The Morgan fingerprint density at radius 3 is 2.79 bits per heavy atom. The van der Waals surface area contributed by atoms with Crippen molar-refractivity contribution >= 4 is 44.9 Å². The molecule has 1 saturated heterocycles. The standard InChI is InChI=1S/C14H14BrNO2S/c1-3-9(2)16-13(17)12(19-14(16)18)8-10-5-4-6-11(15)7-10/h4-9H,3H2,1-2H3/b12-8+/t9-/m0/s1. The molecule has 0 radical (unpaired) electrons. The predicted molar refractivity (Wildman–Crippen MR) is 81.7 cm³/mol. The van der Waals surface area contributed by atoms with Gasteiger partial charge < -0.3 is 0 Å². The van der Waals surface area contributed by atoms with Crippen molar-refractivity contribution in [3.63, 3.8) is 0 Å². The number of carbonyl (C=O) groups excluding carboxylic acids is 2. The fourth-order valence-electron chi connectivity index (χ4n) is 1.79. The summed E-state index contributed by atoms with van der Waals surface area (Å²) in [5.41, 5.74) is 0.907. The third kappa shape index (κ3) is 3.09. The van der Waals surface area contributed by atoms with Gasteiger partial charge in [0.2, 0.25) is 0 Å². The van der Waals surface area contributed by atoms with Crippen molar-refractivity contribution < 1.29 is 9.59 Å². The molecule has 0 spiro atoms. The minimum absolute atomic E-state index is 0.0547. The molecular formula is C14H14BrNO2S. The number of nitrogens with zero attached hydrogens (tertiary/aromatic N) is 1. The Balaban J connectivity index is 2.28. The molecule has 0 aromatic heterocycles. The summed E-state index contributed by atoms with van der Waals surface area (Å²) in [7, 11) is 0. The molecule has 1 heterocycles. The van der Waals surface area contributed by atoms with E-state index in [1.165, 1.54) is 4.90 Å². The lowest BCUT2D eigenvalue weighted by atomic mass is 10.2. The number of carbonyl (C=O) groups is 2. The maximum atomic E-state index is 12.2. The normalized spacial score (nSPS) is 19.3. The van der Waals surface area contributed by atoms with Gasteiger partial charge in [0.1, 0.15) is 0 Å². The van der Waals surface area contributed by atoms with Crippen LogP contribution in [0.15, 0.2) is 33.6 Å². The van der Waals surface area contributed by atoms with Gasteiger partial charge in [-0.25, -0.2) is 0 Å². The van der Waals surface area contributed by atoms with Gasteiger partial charge in [-0.3, -0.25) is 14.5 Å². The van der Waals surface area contributed by atoms with Crippen molar-refractivity contribution in [3.05, 3.63) is 39.2 Å². The van der Waals surface area contributed by atoms with Gasteiger partial charge in [-0.2, -0.15) is 0 Å². The molecule has 1 aromatic carbocycles. The second kappa shape index (κ2) is 5.92. The first-order valence-electron chi connectivity index (χ1n) is 6.05. The summed E-state index contributed by atoms with van der Waals surface area (Å²) in [6.07, 6.45) is 2.53. The molecule has 1 aliphatic rings. The summed E-state index contributed by atoms with van der Waals surface area (Å²) in [6.45, 7) is 3.85. The lowest BCUT2D eigenvalue weighted by Gasteiger charge is -2.19. The lowest BCUT2D eigenvalue weighted by Crippen LogP contribution is -2.36. The molecule has 0 saturated carbocycles. The molecule has 1 aromatic rings. The quantitative estimate of drug-likeness (QED) is 0.771. The van der Waals surface area contributed by atoms with E-state index in [0.29, 0.717) is 4.91 Å². The Morgan fingerprint density at radius 1 is 1.42 bits per heavy atom. The zero-order valence-corrected chi connectivity index (χ0v) is 13.1. The summed E-state index contributed by atoms with van der Waals surface area (Å²) < 4.78 is 0.947. The number of benzene rings is 1. The van der Waals surface area contributed by atoms with Gasteiger partial charge in [-0.05, 0) is 48.9 Å². The fourth-order valence-corrected chi connectivity index (χ4v) is 3.14. The largest absolute Gasteiger partial charge is 0.293 e. The van der Waals surface area contributed by atoms with Crippen molar-refractivity contribution in [3.8, 4) is 0 Å². The average Bonchev–Trinajstić information content (AvgIpc) is 2.64. The van der Waals surface area contributed by atoms with Gasteiger partial charge in [0.25, 0.3) is 11.1 Å². The minimum atomic E-state index is -0.190. The zero-order chi connectivity index (χ0) is 14.0. The van der Waals surface area contributed by atoms with Crippen LogP contribution in [0.2, 0.25) is 0 Å². The van der Waals surface area contributed by atoms with Crippen LogP contribution in [0.25, 0.3) is 6.08 Å². The third-order valence-electron chi connectivity index (χ3n) is 3.00. The number of rotatable bonds is 3. The van der Waals surface area contributed by atoms with Crippen molar-refractivity contribution in [1.29, 1.82) is 0 Å². The highest BCUT2D eigenvalue weighted by Gasteiger charge is 2.37. The highest BCUT2D eigenvalue weighted by molar-refractivity contribution is 9.10. The molecule has 2 amide bonds. The van der Waals surface area contributed by atoms with E-state index >= 15 is 0 Å². The summed E-state index contributed by atoms with van der Waals surface area (Å²) >= 11 is 4.40. The van der Waals surface area contributed by atoms with E-state index in [1.807, 2.05) is 38.1 Å². The van der Waals surface area contributed by atoms with Crippen LogP contribution in [0.1, 0.15) is 25.8 Å². The molecule has 0 unspecified atom stereocenters.